The molecule has 0 heterocycles. The summed E-state index contributed by atoms with van der Waals surface area (Å²) in [5.74, 6) is -0.655. The monoisotopic (exact) mass is 310 g/mol. The van der Waals surface area contributed by atoms with Gasteiger partial charge in [-0.05, 0) is 36.8 Å². The van der Waals surface area contributed by atoms with Crippen LogP contribution in [0.15, 0.2) is 36.4 Å². The standard InChI is InChI=1S/C15H12Cl2O3/c1-9-2-3-10(14(17)6-9)8-20-11-4-5-13(16)12(7-11)15(18)19/h2-7H,8H2,1H3,(H,18,19). The Bertz CT molecular complexity index is 654. The number of ether oxygens (including phenoxy) is 1. The van der Waals surface area contributed by atoms with Gasteiger partial charge in [-0.3, -0.25) is 0 Å². The van der Waals surface area contributed by atoms with E-state index in [0.29, 0.717) is 10.8 Å². The Kier molecular flexibility index (Phi) is 4.53. The molecule has 2 rings (SSSR count). The normalized spacial score (nSPS) is 10.3. The van der Waals surface area contributed by atoms with Gasteiger partial charge in [0.1, 0.15) is 12.4 Å². The quantitative estimate of drug-likeness (QED) is 0.899. The SMILES string of the molecule is Cc1ccc(COc2ccc(Cl)c(C(=O)O)c2)c(Cl)c1. The Balaban J connectivity index is 2.15. The van der Waals surface area contributed by atoms with Gasteiger partial charge in [0.2, 0.25) is 0 Å². The predicted octanol–water partition coefficient (Wildman–Crippen LogP) is 4.58. The number of aryl methyl sites for hydroxylation is 1. The third-order valence-electron chi connectivity index (χ3n) is 2.77. The average Bonchev–Trinajstić information content (AvgIpc) is 2.39. The third-order valence-corrected chi connectivity index (χ3v) is 3.45. The lowest BCUT2D eigenvalue weighted by molar-refractivity contribution is 0.0696. The fourth-order valence-electron chi connectivity index (χ4n) is 1.69. The molecule has 2 aromatic carbocycles. The van der Waals surface area contributed by atoms with Gasteiger partial charge in [-0.15, -0.1) is 0 Å². The number of carboxylic acids is 1. The molecule has 0 fully saturated rings. The van der Waals surface area contributed by atoms with Crippen LogP contribution >= 0.6 is 23.2 Å². The zero-order chi connectivity index (χ0) is 14.7. The Morgan fingerprint density at radius 3 is 2.55 bits per heavy atom. The summed E-state index contributed by atoms with van der Waals surface area (Å²) in [5.41, 5.74) is 1.92. The van der Waals surface area contributed by atoms with Gasteiger partial charge in [0.05, 0.1) is 10.6 Å². The first-order valence-electron chi connectivity index (χ1n) is 5.88. The third kappa shape index (κ3) is 3.44. The topological polar surface area (TPSA) is 46.5 Å². The van der Waals surface area contributed by atoms with Gasteiger partial charge < -0.3 is 9.84 Å². The Morgan fingerprint density at radius 2 is 1.90 bits per heavy atom. The minimum atomic E-state index is -1.09. The van der Waals surface area contributed by atoms with E-state index in [4.69, 9.17) is 33.0 Å². The number of carbonyl (C=O) groups is 1. The maximum atomic E-state index is 11.0. The fraction of sp³-hybridized carbons (Fsp3) is 0.133. The van der Waals surface area contributed by atoms with Crippen molar-refractivity contribution >= 4 is 29.2 Å². The average molecular weight is 311 g/mol. The van der Waals surface area contributed by atoms with Crippen LogP contribution in [0.4, 0.5) is 0 Å². The maximum absolute atomic E-state index is 11.0. The molecule has 0 amide bonds. The number of rotatable bonds is 4. The van der Waals surface area contributed by atoms with E-state index >= 15 is 0 Å². The van der Waals surface area contributed by atoms with Crippen LogP contribution in [0.1, 0.15) is 21.5 Å². The molecule has 0 saturated heterocycles. The predicted molar refractivity (Wildman–Crippen MR) is 78.9 cm³/mol. The first-order valence-corrected chi connectivity index (χ1v) is 6.63. The highest BCUT2D eigenvalue weighted by Gasteiger charge is 2.10. The van der Waals surface area contributed by atoms with E-state index in [-0.39, 0.29) is 17.2 Å². The minimum Gasteiger partial charge on any atom is -0.489 e. The largest absolute Gasteiger partial charge is 0.489 e. The van der Waals surface area contributed by atoms with Crippen molar-refractivity contribution in [1.29, 1.82) is 0 Å². The fourth-order valence-corrected chi connectivity index (χ4v) is 2.18. The molecule has 20 heavy (non-hydrogen) atoms. The van der Waals surface area contributed by atoms with E-state index in [1.807, 2.05) is 25.1 Å². The van der Waals surface area contributed by atoms with Gasteiger partial charge in [-0.1, -0.05) is 35.3 Å². The highest BCUT2D eigenvalue weighted by molar-refractivity contribution is 6.33. The lowest BCUT2D eigenvalue weighted by Crippen LogP contribution is -2.00. The Labute approximate surface area is 126 Å². The van der Waals surface area contributed by atoms with E-state index in [9.17, 15) is 4.79 Å². The smallest absolute Gasteiger partial charge is 0.337 e. The van der Waals surface area contributed by atoms with Gasteiger partial charge >= 0.3 is 5.97 Å². The van der Waals surface area contributed by atoms with Gasteiger partial charge in [0.25, 0.3) is 0 Å². The molecule has 0 unspecified atom stereocenters. The van der Waals surface area contributed by atoms with Crippen molar-refractivity contribution in [2.24, 2.45) is 0 Å². The van der Waals surface area contributed by atoms with Crippen LogP contribution in [-0.2, 0) is 6.61 Å². The first-order chi connectivity index (χ1) is 9.47. The molecule has 0 aliphatic heterocycles. The summed E-state index contributed by atoms with van der Waals surface area (Å²) in [6.45, 7) is 2.22. The molecule has 3 nitrogen and oxygen atoms in total. The van der Waals surface area contributed by atoms with E-state index in [1.54, 1.807) is 6.07 Å². The van der Waals surface area contributed by atoms with Crippen LogP contribution in [0.5, 0.6) is 5.75 Å². The van der Waals surface area contributed by atoms with Crippen LogP contribution in [0.25, 0.3) is 0 Å². The van der Waals surface area contributed by atoms with E-state index in [0.717, 1.165) is 11.1 Å². The van der Waals surface area contributed by atoms with Crippen LogP contribution in [0, 0.1) is 6.92 Å². The summed E-state index contributed by atoms with van der Waals surface area (Å²) in [4.78, 5) is 11.0. The summed E-state index contributed by atoms with van der Waals surface area (Å²) < 4.78 is 5.55. The van der Waals surface area contributed by atoms with Gasteiger partial charge in [-0.25, -0.2) is 4.79 Å². The highest BCUT2D eigenvalue weighted by atomic mass is 35.5. The second kappa shape index (κ2) is 6.16. The highest BCUT2D eigenvalue weighted by Crippen LogP contribution is 2.24. The molecule has 5 heteroatoms. The molecule has 0 aliphatic rings. The second-order valence-corrected chi connectivity index (χ2v) is 5.14. The number of aromatic carboxylic acids is 1. The Hall–Kier alpha value is -1.71. The number of hydrogen-bond donors (Lipinski definition) is 1. The molecule has 0 aromatic heterocycles. The second-order valence-electron chi connectivity index (χ2n) is 4.33. The molecule has 0 atom stereocenters. The molecule has 0 bridgehead atoms. The molecule has 0 saturated carbocycles. The summed E-state index contributed by atoms with van der Waals surface area (Å²) in [7, 11) is 0. The number of benzene rings is 2. The minimum absolute atomic E-state index is 0.0131. The zero-order valence-electron chi connectivity index (χ0n) is 10.7. The summed E-state index contributed by atoms with van der Waals surface area (Å²) in [6, 6.07) is 10.2. The van der Waals surface area contributed by atoms with Crippen LogP contribution < -0.4 is 4.74 Å². The number of hydrogen-bond acceptors (Lipinski definition) is 2. The molecule has 2 aromatic rings. The molecular weight excluding hydrogens is 299 g/mol. The lowest BCUT2D eigenvalue weighted by Gasteiger charge is -2.09. The van der Waals surface area contributed by atoms with Crippen molar-refractivity contribution in [1.82, 2.24) is 0 Å². The van der Waals surface area contributed by atoms with Gasteiger partial charge in [0, 0.05) is 10.6 Å². The van der Waals surface area contributed by atoms with E-state index < -0.39 is 5.97 Å². The van der Waals surface area contributed by atoms with Crippen molar-refractivity contribution < 1.29 is 14.6 Å². The van der Waals surface area contributed by atoms with Crippen LogP contribution in [0.2, 0.25) is 10.0 Å². The molecular formula is C15H12Cl2O3. The summed E-state index contributed by atoms with van der Waals surface area (Å²) in [5, 5.41) is 9.79. The van der Waals surface area contributed by atoms with Crippen molar-refractivity contribution in [2.75, 3.05) is 0 Å². The molecule has 104 valence electrons. The molecule has 1 N–H and O–H groups in total. The van der Waals surface area contributed by atoms with Crippen LogP contribution in [-0.4, -0.2) is 11.1 Å². The van der Waals surface area contributed by atoms with Crippen molar-refractivity contribution in [3.8, 4) is 5.75 Å². The van der Waals surface area contributed by atoms with Crippen molar-refractivity contribution in [2.45, 2.75) is 13.5 Å². The number of carboxylic acid groups (broad SMARTS) is 1. The van der Waals surface area contributed by atoms with Gasteiger partial charge in [0.15, 0.2) is 0 Å². The van der Waals surface area contributed by atoms with Crippen molar-refractivity contribution in [3.05, 3.63) is 63.1 Å². The van der Waals surface area contributed by atoms with Crippen molar-refractivity contribution in [3.63, 3.8) is 0 Å². The molecule has 0 spiro atoms. The van der Waals surface area contributed by atoms with E-state index in [1.165, 1.54) is 12.1 Å². The zero-order valence-corrected chi connectivity index (χ0v) is 12.2. The lowest BCUT2D eigenvalue weighted by atomic mass is 10.1. The van der Waals surface area contributed by atoms with E-state index in [2.05, 4.69) is 0 Å². The molecule has 0 radical (unpaired) electrons. The van der Waals surface area contributed by atoms with Crippen LogP contribution in [0.3, 0.4) is 0 Å². The van der Waals surface area contributed by atoms with Gasteiger partial charge in [-0.2, -0.15) is 0 Å². The summed E-state index contributed by atoms with van der Waals surface area (Å²) >= 11 is 11.9. The first kappa shape index (κ1) is 14.7. The number of halogens is 2. The maximum Gasteiger partial charge on any atom is 0.337 e. The molecule has 0 aliphatic carbocycles. The summed E-state index contributed by atoms with van der Waals surface area (Å²) in [6.07, 6.45) is 0. The Morgan fingerprint density at radius 1 is 1.15 bits per heavy atom.